The minimum atomic E-state index is -0.282. The molecule has 3 unspecified atom stereocenters. The summed E-state index contributed by atoms with van der Waals surface area (Å²) in [6.45, 7) is 0.303. The molecule has 1 aromatic carbocycles. The van der Waals surface area contributed by atoms with E-state index in [0.717, 1.165) is 33.1 Å². The zero-order valence-corrected chi connectivity index (χ0v) is 19.6. The van der Waals surface area contributed by atoms with Crippen LogP contribution in [0.2, 0.25) is 0 Å². The van der Waals surface area contributed by atoms with E-state index in [4.69, 9.17) is 14.5 Å². The molecule has 0 saturated heterocycles. The Morgan fingerprint density at radius 3 is 2.86 bits per heavy atom. The average Bonchev–Trinajstić information content (AvgIpc) is 3.53. The molecule has 0 fully saturated rings. The Balaban J connectivity index is 1.55. The quantitative estimate of drug-likeness (QED) is 0.498. The summed E-state index contributed by atoms with van der Waals surface area (Å²) in [4.78, 5) is 18.4. The topological polar surface area (TPSA) is 88.1 Å². The third-order valence-electron chi connectivity index (χ3n) is 7.38. The minimum absolute atomic E-state index is 0.0887. The largest absolute Gasteiger partial charge is 0.496 e. The number of ether oxygens (including phenoxy) is 2. The first-order chi connectivity index (χ1) is 17.1. The molecule has 0 spiro atoms. The Kier molecular flexibility index (Phi) is 4.09. The van der Waals surface area contributed by atoms with Crippen LogP contribution in [0.1, 0.15) is 6.04 Å². The minimum Gasteiger partial charge on any atom is -0.496 e. The highest BCUT2D eigenvalue weighted by atomic mass is 16.5. The van der Waals surface area contributed by atoms with Gasteiger partial charge in [-0.3, -0.25) is 18.8 Å². The van der Waals surface area contributed by atoms with Gasteiger partial charge in [-0.25, -0.2) is 4.79 Å². The van der Waals surface area contributed by atoms with Gasteiger partial charge in [0.05, 0.1) is 59.1 Å². The summed E-state index contributed by atoms with van der Waals surface area (Å²) in [6.07, 6.45) is 16.0. The molecule has 2 aliphatic heterocycles. The molecule has 3 aliphatic rings. The van der Waals surface area contributed by atoms with Crippen molar-refractivity contribution in [2.45, 2.75) is 12.1 Å². The summed E-state index contributed by atoms with van der Waals surface area (Å²) >= 11 is 0. The van der Waals surface area contributed by atoms with Gasteiger partial charge in [0.25, 0.3) is 0 Å². The average molecular weight is 469 g/mol. The molecule has 9 heteroatoms. The molecule has 9 nitrogen and oxygen atoms in total. The lowest BCUT2D eigenvalue weighted by Gasteiger charge is -2.25. The fourth-order valence-corrected chi connectivity index (χ4v) is 5.71. The first-order valence-electron chi connectivity index (χ1n) is 11.6. The number of pyridine rings is 1. The fourth-order valence-electron chi connectivity index (χ4n) is 5.71. The van der Waals surface area contributed by atoms with Crippen molar-refractivity contribution in [3.63, 3.8) is 0 Å². The Morgan fingerprint density at radius 2 is 2.06 bits per heavy atom. The van der Waals surface area contributed by atoms with Crippen LogP contribution in [0, 0.1) is 5.92 Å². The number of rotatable bonds is 3. The standard InChI is InChI=1S/C26H24N6O3/c1-30-12-14(9-29-30)22-21(34-3)8-18-23-24-19(11-28-18)31(2)26(33)32(24)20(13-35-25(22)23)16-10-27-17-7-5-4-6-15(16)17/h4-12,15,17,20,27H,13H2,1-3H3. The van der Waals surface area contributed by atoms with E-state index in [0.29, 0.717) is 23.6 Å². The third-order valence-corrected chi connectivity index (χ3v) is 7.38. The summed E-state index contributed by atoms with van der Waals surface area (Å²) in [5.41, 5.74) is 5.03. The van der Waals surface area contributed by atoms with Crippen molar-refractivity contribution >= 4 is 21.9 Å². The fraction of sp³-hybridized carbons (Fsp3) is 0.269. The van der Waals surface area contributed by atoms with Gasteiger partial charge in [0.1, 0.15) is 18.1 Å². The van der Waals surface area contributed by atoms with E-state index in [9.17, 15) is 4.79 Å². The summed E-state index contributed by atoms with van der Waals surface area (Å²) in [6, 6.07) is 1.81. The van der Waals surface area contributed by atoms with Crippen molar-refractivity contribution in [1.29, 1.82) is 0 Å². The van der Waals surface area contributed by atoms with E-state index in [1.165, 1.54) is 0 Å². The summed E-state index contributed by atoms with van der Waals surface area (Å²) in [5, 5.41) is 8.64. The van der Waals surface area contributed by atoms with Gasteiger partial charge in [-0.1, -0.05) is 24.3 Å². The van der Waals surface area contributed by atoms with Crippen LogP contribution in [-0.2, 0) is 14.1 Å². The van der Waals surface area contributed by atoms with Crippen LogP contribution in [-0.4, -0.2) is 43.7 Å². The first-order valence-corrected chi connectivity index (χ1v) is 11.6. The number of methoxy groups -OCH3 is 1. The number of hydrogen-bond acceptors (Lipinski definition) is 6. The maximum Gasteiger partial charge on any atom is 0.329 e. The van der Waals surface area contributed by atoms with E-state index in [-0.39, 0.29) is 23.7 Å². The number of allylic oxidation sites excluding steroid dienone is 2. The lowest BCUT2D eigenvalue weighted by molar-refractivity contribution is 0.270. The Morgan fingerprint density at radius 1 is 1.20 bits per heavy atom. The maximum atomic E-state index is 13.7. The van der Waals surface area contributed by atoms with Crippen molar-refractivity contribution in [2.75, 3.05) is 13.7 Å². The van der Waals surface area contributed by atoms with Crippen molar-refractivity contribution in [1.82, 2.24) is 29.2 Å². The van der Waals surface area contributed by atoms with Crippen molar-refractivity contribution in [2.24, 2.45) is 20.0 Å². The maximum absolute atomic E-state index is 13.7. The molecular formula is C26H24N6O3. The SMILES string of the molecule is COc1cc2ncc3c4c2c(c1-c1cnn(C)c1)OCC(C1=CNC2C=CC=CC12)n4c(=O)n3C. The van der Waals surface area contributed by atoms with Crippen LogP contribution in [0.3, 0.4) is 0 Å². The molecule has 3 aromatic heterocycles. The van der Waals surface area contributed by atoms with Crippen LogP contribution in [0.4, 0.5) is 0 Å². The molecule has 176 valence electrons. The van der Waals surface area contributed by atoms with Gasteiger partial charge < -0.3 is 14.8 Å². The molecule has 0 saturated carbocycles. The van der Waals surface area contributed by atoms with Crippen LogP contribution in [0.5, 0.6) is 11.5 Å². The molecule has 0 amide bonds. The predicted octanol–water partition coefficient (Wildman–Crippen LogP) is 2.83. The zero-order chi connectivity index (χ0) is 23.8. The summed E-state index contributed by atoms with van der Waals surface area (Å²) in [5.74, 6) is 1.47. The number of aryl methyl sites for hydroxylation is 2. The highest BCUT2D eigenvalue weighted by Crippen LogP contribution is 2.48. The third kappa shape index (κ3) is 2.66. The smallest absolute Gasteiger partial charge is 0.329 e. The van der Waals surface area contributed by atoms with Gasteiger partial charge in [-0.2, -0.15) is 5.10 Å². The van der Waals surface area contributed by atoms with Crippen LogP contribution >= 0.6 is 0 Å². The molecule has 5 heterocycles. The molecule has 7 rings (SSSR count). The lowest BCUT2D eigenvalue weighted by atomic mass is 9.87. The second-order valence-corrected chi connectivity index (χ2v) is 9.24. The van der Waals surface area contributed by atoms with Gasteiger partial charge in [-0.15, -0.1) is 0 Å². The molecule has 35 heavy (non-hydrogen) atoms. The molecule has 0 bridgehead atoms. The number of benzene rings is 1. The predicted molar refractivity (Wildman–Crippen MR) is 133 cm³/mol. The van der Waals surface area contributed by atoms with Crippen LogP contribution in [0.25, 0.3) is 33.1 Å². The van der Waals surface area contributed by atoms with E-state index >= 15 is 0 Å². The number of imidazole rings is 1. The number of nitrogens with one attached hydrogen (secondary N) is 1. The van der Waals surface area contributed by atoms with Crippen molar-refractivity contribution in [3.05, 3.63) is 71.2 Å². The van der Waals surface area contributed by atoms with E-state index in [2.05, 4.69) is 34.7 Å². The highest BCUT2D eigenvalue weighted by molar-refractivity contribution is 6.10. The molecule has 1 N–H and O–H groups in total. The van der Waals surface area contributed by atoms with E-state index in [1.54, 1.807) is 35.8 Å². The van der Waals surface area contributed by atoms with Crippen molar-refractivity contribution in [3.8, 4) is 22.6 Å². The van der Waals surface area contributed by atoms with Gasteiger partial charge in [0, 0.05) is 37.8 Å². The monoisotopic (exact) mass is 468 g/mol. The van der Waals surface area contributed by atoms with Gasteiger partial charge >= 0.3 is 5.69 Å². The second kappa shape index (κ2) is 7.11. The van der Waals surface area contributed by atoms with Gasteiger partial charge in [-0.05, 0) is 11.8 Å². The normalized spacial score (nSPS) is 22.3. The lowest BCUT2D eigenvalue weighted by Crippen LogP contribution is -2.33. The first kappa shape index (κ1) is 20.1. The molecule has 4 aromatic rings. The molecule has 0 radical (unpaired) electrons. The van der Waals surface area contributed by atoms with Crippen molar-refractivity contribution < 1.29 is 9.47 Å². The highest BCUT2D eigenvalue weighted by Gasteiger charge is 2.37. The number of hydrogen-bond donors (Lipinski definition) is 1. The van der Waals surface area contributed by atoms with Crippen LogP contribution in [0.15, 0.2) is 65.5 Å². The second-order valence-electron chi connectivity index (χ2n) is 9.24. The van der Waals surface area contributed by atoms with Gasteiger partial charge in [0.15, 0.2) is 0 Å². The summed E-state index contributed by atoms with van der Waals surface area (Å²) in [7, 11) is 5.32. The summed E-state index contributed by atoms with van der Waals surface area (Å²) < 4.78 is 17.7. The Labute approximate surface area is 200 Å². The molecule has 3 atom stereocenters. The van der Waals surface area contributed by atoms with E-state index < -0.39 is 0 Å². The van der Waals surface area contributed by atoms with Gasteiger partial charge in [0.2, 0.25) is 0 Å². The Bertz CT molecular complexity index is 1680. The Hall–Kier alpha value is -4.27. The number of fused-ring (bicyclic) bond motifs is 1. The number of aromatic nitrogens is 5. The molecular weight excluding hydrogens is 444 g/mol. The zero-order valence-electron chi connectivity index (χ0n) is 19.6. The number of nitrogens with zero attached hydrogens (tertiary/aromatic N) is 5. The molecule has 1 aliphatic carbocycles. The van der Waals surface area contributed by atoms with Crippen LogP contribution < -0.4 is 20.5 Å². The van der Waals surface area contributed by atoms with E-state index in [1.807, 2.05) is 30.1 Å².